The van der Waals surface area contributed by atoms with E-state index in [2.05, 4.69) is 11.4 Å². The fourth-order valence-electron chi connectivity index (χ4n) is 3.14. The number of rotatable bonds is 2. The lowest BCUT2D eigenvalue weighted by Gasteiger charge is -2.42. The van der Waals surface area contributed by atoms with Gasteiger partial charge in [-0.1, -0.05) is 0 Å². The van der Waals surface area contributed by atoms with Gasteiger partial charge in [-0.2, -0.15) is 5.26 Å². The van der Waals surface area contributed by atoms with Crippen molar-refractivity contribution in [2.75, 3.05) is 5.32 Å². The van der Waals surface area contributed by atoms with Crippen molar-refractivity contribution in [3.63, 3.8) is 0 Å². The first-order valence-corrected chi connectivity index (χ1v) is 8.14. The second-order valence-electron chi connectivity index (χ2n) is 6.80. The topological polar surface area (TPSA) is 104 Å². The minimum absolute atomic E-state index is 0.268. The monoisotopic (exact) mass is 353 g/mol. The Bertz CT molecular complexity index is 971. The summed E-state index contributed by atoms with van der Waals surface area (Å²) in [5.74, 6) is 0.233. The zero-order valence-corrected chi connectivity index (χ0v) is 14.7. The third-order valence-corrected chi connectivity index (χ3v) is 4.40. The quantitative estimate of drug-likeness (QED) is 0.857. The van der Waals surface area contributed by atoms with Crippen LogP contribution in [0.25, 0.3) is 0 Å². The molecule has 0 fully saturated rings. The number of anilines is 1. The summed E-state index contributed by atoms with van der Waals surface area (Å²) in [6, 6.07) is 9.02. The largest absolute Gasteiger partial charge is 0.485 e. The van der Waals surface area contributed by atoms with Crippen molar-refractivity contribution in [1.29, 1.82) is 5.26 Å². The Balaban J connectivity index is 2.22. The van der Waals surface area contributed by atoms with Gasteiger partial charge in [0.25, 0.3) is 5.56 Å². The van der Waals surface area contributed by atoms with Crippen LogP contribution in [0.1, 0.15) is 37.9 Å². The van der Waals surface area contributed by atoms with Gasteiger partial charge in [0.05, 0.1) is 23.4 Å². The first kappa shape index (κ1) is 17.7. The van der Waals surface area contributed by atoms with Crippen molar-refractivity contribution in [3.05, 3.63) is 58.0 Å². The van der Waals surface area contributed by atoms with E-state index in [9.17, 15) is 20.0 Å². The maximum absolute atomic E-state index is 12.5. The standard InChI is InChI=1S/C19H19N3O4/c1-11(23)21-13-5-7-16(24)22(10-13)17-14-8-12(9-20)4-6-15(14)26-19(2,3)18(17)25/h4-8,10,17-18,25H,1-3H3,(H,21,23). The highest BCUT2D eigenvalue weighted by Gasteiger charge is 2.44. The van der Waals surface area contributed by atoms with E-state index < -0.39 is 17.7 Å². The predicted molar refractivity (Wildman–Crippen MR) is 95.0 cm³/mol. The molecule has 3 rings (SSSR count). The van der Waals surface area contributed by atoms with Gasteiger partial charge in [-0.25, -0.2) is 0 Å². The van der Waals surface area contributed by atoms with Crippen LogP contribution < -0.4 is 15.6 Å². The summed E-state index contributed by atoms with van der Waals surface area (Å²) < 4.78 is 7.23. The number of ether oxygens (including phenoxy) is 1. The van der Waals surface area contributed by atoms with Crippen LogP contribution in [0.3, 0.4) is 0 Å². The van der Waals surface area contributed by atoms with Gasteiger partial charge in [-0.15, -0.1) is 0 Å². The van der Waals surface area contributed by atoms with Gasteiger partial charge in [0.15, 0.2) is 0 Å². The average Bonchev–Trinajstić information content (AvgIpc) is 2.57. The van der Waals surface area contributed by atoms with Crippen LogP contribution in [0, 0.1) is 11.3 Å². The van der Waals surface area contributed by atoms with Crippen LogP contribution in [-0.4, -0.2) is 27.3 Å². The number of carbonyl (C=O) groups excluding carboxylic acids is 1. The summed E-state index contributed by atoms with van der Waals surface area (Å²) in [7, 11) is 0. The Labute approximate surface area is 150 Å². The van der Waals surface area contributed by atoms with Crippen molar-refractivity contribution in [3.8, 4) is 11.8 Å². The van der Waals surface area contributed by atoms with Gasteiger partial charge in [-0.3, -0.25) is 9.59 Å². The molecule has 0 spiro atoms. The number of nitriles is 1. The van der Waals surface area contributed by atoms with Gasteiger partial charge < -0.3 is 19.7 Å². The van der Waals surface area contributed by atoms with E-state index in [0.29, 0.717) is 22.6 Å². The molecule has 26 heavy (non-hydrogen) atoms. The van der Waals surface area contributed by atoms with Crippen LogP contribution in [-0.2, 0) is 4.79 Å². The molecule has 1 aliphatic rings. The number of nitrogens with zero attached hydrogens (tertiary/aromatic N) is 2. The molecule has 1 amide bonds. The van der Waals surface area contributed by atoms with Crippen molar-refractivity contribution in [2.24, 2.45) is 0 Å². The molecule has 2 unspecified atom stereocenters. The third-order valence-electron chi connectivity index (χ3n) is 4.40. The second-order valence-corrected chi connectivity index (χ2v) is 6.80. The number of aliphatic hydroxyl groups is 1. The van der Waals surface area contributed by atoms with Crippen molar-refractivity contribution < 1.29 is 14.6 Å². The number of pyridine rings is 1. The molecule has 2 heterocycles. The molecule has 0 bridgehead atoms. The number of aromatic nitrogens is 1. The zero-order valence-electron chi connectivity index (χ0n) is 14.7. The smallest absolute Gasteiger partial charge is 0.251 e. The summed E-state index contributed by atoms with van der Waals surface area (Å²) in [5, 5.41) is 22.7. The van der Waals surface area contributed by atoms with E-state index in [4.69, 9.17) is 4.74 Å². The first-order chi connectivity index (χ1) is 12.2. The molecule has 2 aromatic rings. The van der Waals surface area contributed by atoms with E-state index >= 15 is 0 Å². The Morgan fingerprint density at radius 1 is 1.35 bits per heavy atom. The number of aliphatic hydroxyl groups excluding tert-OH is 1. The lowest BCUT2D eigenvalue weighted by atomic mass is 9.85. The molecule has 0 saturated heterocycles. The number of carbonyl (C=O) groups is 1. The third kappa shape index (κ3) is 3.07. The van der Waals surface area contributed by atoms with Crippen LogP contribution >= 0.6 is 0 Å². The van der Waals surface area contributed by atoms with Crippen molar-refractivity contribution >= 4 is 11.6 Å². The van der Waals surface area contributed by atoms with Crippen LogP contribution in [0.15, 0.2) is 41.3 Å². The molecule has 0 aliphatic carbocycles. The minimum atomic E-state index is -1.05. The first-order valence-electron chi connectivity index (χ1n) is 8.14. The lowest BCUT2D eigenvalue weighted by Crippen LogP contribution is -2.52. The molecular formula is C19H19N3O4. The Kier molecular flexibility index (Phi) is 4.30. The normalized spacial score (nSPS) is 20.4. The number of hydrogen-bond acceptors (Lipinski definition) is 5. The van der Waals surface area contributed by atoms with Gasteiger partial charge in [-0.05, 0) is 38.1 Å². The molecule has 0 radical (unpaired) electrons. The van der Waals surface area contributed by atoms with E-state index in [1.807, 2.05) is 0 Å². The van der Waals surface area contributed by atoms with Crippen molar-refractivity contribution in [2.45, 2.75) is 38.5 Å². The molecule has 1 aliphatic heterocycles. The maximum Gasteiger partial charge on any atom is 0.251 e. The molecule has 134 valence electrons. The van der Waals surface area contributed by atoms with Gasteiger partial charge in [0.1, 0.15) is 17.5 Å². The maximum atomic E-state index is 12.5. The minimum Gasteiger partial charge on any atom is -0.485 e. The molecular weight excluding hydrogens is 334 g/mol. The van der Waals surface area contributed by atoms with E-state index in [1.165, 1.54) is 29.8 Å². The summed E-state index contributed by atoms with van der Waals surface area (Å²) in [6.45, 7) is 4.83. The highest BCUT2D eigenvalue weighted by Crippen LogP contribution is 2.41. The highest BCUT2D eigenvalue weighted by molar-refractivity contribution is 5.88. The summed E-state index contributed by atoms with van der Waals surface area (Å²) in [5.41, 5.74) is 0.0870. The molecule has 2 atom stereocenters. The average molecular weight is 353 g/mol. The summed E-state index contributed by atoms with van der Waals surface area (Å²) >= 11 is 0. The van der Waals surface area contributed by atoms with Crippen molar-refractivity contribution in [1.82, 2.24) is 4.57 Å². The molecule has 1 aromatic carbocycles. The Morgan fingerprint density at radius 2 is 2.08 bits per heavy atom. The summed E-state index contributed by atoms with van der Waals surface area (Å²) in [6.07, 6.45) is 0.441. The fourth-order valence-corrected chi connectivity index (χ4v) is 3.14. The van der Waals surface area contributed by atoms with Gasteiger partial charge >= 0.3 is 0 Å². The zero-order chi connectivity index (χ0) is 19.1. The van der Waals surface area contributed by atoms with E-state index in [0.717, 1.165) is 0 Å². The molecule has 0 saturated carbocycles. The molecule has 2 N–H and O–H groups in total. The van der Waals surface area contributed by atoms with Gasteiger partial charge in [0, 0.05) is 24.8 Å². The Hall–Kier alpha value is -3.11. The van der Waals surface area contributed by atoms with Crippen LogP contribution in [0.4, 0.5) is 5.69 Å². The fraction of sp³-hybridized carbons (Fsp3) is 0.316. The number of benzene rings is 1. The van der Waals surface area contributed by atoms with Gasteiger partial charge in [0.2, 0.25) is 5.91 Å². The van der Waals surface area contributed by atoms with Crippen LogP contribution in [0.5, 0.6) is 5.75 Å². The molecule has 7 nitrogen and oxygen atoms in total. The number of fused-ring (bicyclic) bond motifs is 1. The number of hydrogen-bond donors (Lipinski definition) is 2. The Morgan fingerprint density at radius 3 is 2.73 bits per heavy atom. The lowest BCUT2D eigenvalue weighted by molar-refractivity contribution is -0.114. The number of nitrogens with one attached hydrogen (secondary N) is 1. The highest BCUT2D eigenvalue weighted by atomic mass is 16.5. The predicted octanol–water partition coefficient (Wildman–Crippen LogP) is 1.80. The molecule has 7 heteroatoms. The number of amides is 1. The second kappa shape index (κ2) is 6.32. The molecule has 1 aromatic heterocycles. The SMILES string of the molecule is CC(=O)Nc1ccc(=O)n(C2c3cc(C#N)ccc3OC(C)(C)C2O)c1. The van der Waals surface area contributed by atoms with Crippen LogP contribution in [0.2, 0.25) is 0 Å². The van der Waals surface area contributed by atoms with E-state index in [1.54, 1.807) is 32.0 Å². The van der Waals surface area contributed by atoms with E-state index in [-0.39, 0.29) is 11.5 Å². The summed E-state index contributed by atoms with van der Waals surface area (Å²) in [4.78, 5) is 23.8.